The van der Waals surface area contributed by atoms with Gasteiger partial charge in [-0.2, -0.15) is 13.2 Å². The molecule has 4 heteroatoms. The second kappa shape index (κ2) is 3.15. The predicted octanol–water partition coefficient (Wildman–Crippen LogP) is 3.25. The van der Waals surface area contributed by atoms with Crippen LogP contribution in [0.5, 0.6) is 0 Å². The highest BCUT2D eigenvalue weighted by Gasteiger charge is 2.59. The Morgan fingerprint density at radius 2 is 1.87 bits per heavy atom. The number of halogens is 3. The molecule has 0 radical (unpaired) electrons. The summed E-state index contributed by atoms with van der Waals surface area (Å²) in [6.07, 6.45) is -3.17. The molecule has 15 heavy (non-hydrogen) atoms. The van der Waals surface area contributed by atoms with E-state index in [1.807, 2.05) is 0 Å². The van der Waals surface area contributed by atoms with Crippen LogP contribution in [0.15, 0.2) is 24.3 Å². The summed E-state index contributed by atoms with van der Waals surface area (Å²) in [5.74, 6) is 0. The lowest BCUT2D eigenvalue weighted by Crippen LogP contribution is -2.47. The molecule has 0 saturated heterocycles. The number of alkyl halides is 3. The van der Waals surface area contributed by atoms with E-state index in [-0.39, 0.29) is 12.8 Å². The molecule has 0 aliphatic heterocycles. The van der Waals surface area contributed by atoms with Gasteiger partial charge in [0.15, 0.2) is 0 Å². The van der Waals surface area contributed by atoms with Gasteiger partial charge in [0.2, 0.25) is 0 Å². The third kappa shape index (κ3) is 1.48. The van der Waals surface area contributed by atoms with Crippen molar-refractivity contribution in [3.8, 4) is 0 Å². The summed E-state index contributed by atoms with van der Waals surface area (Å²) in [6, 6.07) is 6.14. The van der Waals surface area contributed by atoms with Gasteiger partial charge >= 0.3 is 6.18 Å². The van der Waals surface area contributed by atoms with Gasteiger partial charge in [0.25, 0.3) is 0 Å². The van der Waals surface area contributed by atoms with E-state index < -0.39 is 11.6 Å². The van der Waals surface area contributed by atoms with Gasteiger partial charge in [0.05, 0.1) is 5.41 Å². The van der Waals surface area contributed by atoms with Crippen molar-refractivity contribution in [1.82, 2.24) is 0 Å². The molecule has 82 valence electrons. The van der Waals surface area contributed by atoms with Crippen molar-refractivity contribution in [2.75, 3.05) is 5.73 Å². The summed E-state index contributed by atoms with van der Waals surface area (Å²) in [4.78, 5) is 0. The smallest absolute Gasteiger partial charge is 0.398 e. The first-order valence-electron chi connectivity index (χ1n) is 4.88. The largest absolute Gasteiger partial charge is 0.399 e. The van der Waals surface area contributed by atoms with E-state index in [2.05, 4.69) is 0 Å². The van der Waals surface area contributed by atoms with E-state index in [9.17, 15) is 13.2 Å². The lowest BCUT2D eigenvalue weighted by atomic mass is 9.64. The maximum absolute atomic E-state index is 12.9. The van der Waals surface area contributed by atoms with E-state index >= 15 is 0 Å². The lowest BCUT2D eigenvalue weighted by molar-refractivity contribution is -0.212. The molecule has 1 aliphatic carbocycles. The Morgan fingerprint density at radius 3 is 2.27 bits per heavy atom. The first-order valence-corrected chi connectivity index (χ1v) is 4.88. The molecular weight excluding hydrogens is 203 g/mol. The van der Waals surface area contributed by atoms with Crippen molar-refractivity contribution < 1.29 is 13.2 Å². The van der Waals surface area contributed by atoms with Crippen LogP contribution < -0.4 is 5.73 Å². The molecule has 0 unspecified atom stereocenters. The molecule has 0 amide bonds. The molecule has 1 nitrogen and oxygen atoms in total. The molecule has 1 aromatic rings. The predicted molar refractivity (Wildman–Crippen MR) is 52.4 cm³/mol. The molecule has 1 aromatic carbocycles. The second-order valence-corrected chi connectivity index (χ2v) is 4.06. The summed E-state index contributed by atoms with van der Waals surface area (Å²) >= 11 is 0. The summed E-state index contributed by atoms with van der Waals surface area (Å²) in [5.41, 5.74) is 4.57. The highest BCUT2D eigenvalue weighted by Crippen LogP contribution is 2.54. The first-order chi connectivity index (χ1) is 6.96. The second-order valence-electron chi connectivity index (χ2n) is 4.06. The molecule has 1 aliphatic rings. The average molecular weight is 215 g/mol. The van der Waals surface area contributed by atoms with E-state index in [1.165, 1.54) is 12.1 Å². The Labute approximate surface area is 86.1 Å². The SMILES string of the molecule is Nc1cccc(C2(C(F)(F)F)CCC2)c1. The first kappa shape index (κ1) is 10.3. The Hall–Kier alpha value is -1.19. The van der Waals surface area contributed by atoms with Crippen LogP contribution in [-0.4, -0.2) is 6.18 Å². The quantitative estimate of drug-likeness (QED) is 0.715. The van der Waals surface area contributed by atoms with Gasteiger partial charge in [-0.05, 0) is 30.5 Å². The van der Waals surface area contributed by atoms with Crippen molar-refractivity contribution in [3.63, 3.8) is 0 Å². The van der Waals surface area contributed by atoms with E-state index in [0.717, 1.165) is 0 Å². The normalized spacial score (nSPS) is 19.7. The summed E-state index contributed by atoms with van der Waals surface area (Å²) in [7, 11) is 0. The van der Waals surface area contributed by atoms with E-state index in [1.54, 1.807) is 12.1 Å². The minimum atomic E-state index is -4.17. The van der Waals surface area contributed by atoms with Crippen molar-refractivity contribution in [2.24, 2.45) is 0 Å². The van der Waals surface area contributed by atoms with Crippen LogP contribution in [0.1, 0.15) is 24.8 Å². The number of benzene rings is 1. The Kier molecular flexibility index (Phi) is 2.17. The zero-order chi connectivity index (χ0) is 11.1. The molecule has 0 bridgehead atoms. The third-order valence-electron chi connectivity index (χ3n) is 3.19. The number of rotatable bonds is 1. The molecule has 1 fully saturated rings. The Bertz CT molecular complexity index is 366. The van der Waals surface area contributed by atoms with Crippen LogP contribution in [0.2, 0.25) is 0 Å². The zero-order valence-corrected chi connectivity index (χ0v) is 8.14. The molecule has 0 heterocycles. The highest BCUT2D eigenvalue weighted by atomic mass is 19.4. The average Bonchev–Trinajstić information content (AvgIpc) is 1.98. The van der Waals surface area contributed by atoms with Crippen molar-refractivity contribution >= 4 is 5.69 Å². The lowest BCUT2D eigenvalue weighted by Gasteiger charge is -2.43. The minimum Gasteiger partial charge on any atom is -0.399 e. The van der Waals surface area contributed by atoms with Crippen LogP contribution >= 0.6 is 0 Å². The number of nitrogen functional groups attached to an aromatic ring is 1. The molecule has 0 spiro atoms. The van der Waals surface area contributed by atoms with Crippen molar-refractivity contribution in [1.29, 1.82) is 0 Å². The van der Waals surface area contributed by atoms with Crippen LogP contribution in [0, 0.1) is 0 Å². The maximum atomic E-state index is 12.9. The molecule has 2 N–H and O–H groups in total. The fourth-order valence-corrected chi connectivity index (χ4v) is 2.10. The van der Waals surface area contributed by atoms with Gasteiger partial charge in [0, 0.05) is 5.69 Å². The van der Waals surface area contributed by atoms with Gasteiger partial charge in [-0.3, -0.25) is 0 Å². The number of hydrogen-bond donors (Lipinski definition) is 1. The number of anilines is 1. The summed E-state index contributed by atoms with van der Waals surface area (Å²) in [5, 5.41) is 0. The van der Waals surface area contributed by atoms with Crippen LogP contribution in [-0.2, 0) is 5.41 Å². The van der Waals surface area contributed by atoms with Crippen LogP contribution in [0.3, 0.4) is 0 Å². The van der Waals surface area contributed by atoms with Crippen molar-refractivity contribution in [3.05, 3.63) is 29.8 Å². The van der Waals surface area contributed by atoms with Gasteiger partial charge in [0.1, 0.15) is 0 Å². The fourth-order valence-electron chi connectivity index (χ4n) is 2.10. The molecule has 0 atom stereocenters. The molecule has 0 aromatic heterocycles. The van der Waals surface area contributed by atoms with E-state index in [4.69, 9.17) is 5.73 Å². The van der Waals surface area contributed by atoms with E-state index in [0.29, 0.717) is 17.7 Å². The highest BCUT2D eigenvalue weighted by molar-refractivity contribution is 5.44. The zero-order valence-electron chi connectivity index (χ0n) is 8.14. The molecule has 1 saturated carbocycles. The minimum absolute atomic E-state index is 0.181. The van der Waals surface area contributed by atoms with Crippen LogP contribution in [0.25, 0.3) is 0 Å². The molecule has 2 rings (SSSR count). The number of nitrogens with two attached hydrogens (primary N) is 1. The number of hydrogen-bond acceptors (Lipinski definition) is 1. The maximum Gasteiger partial charge on any atom is 0.398 e. The third-order valence-corrected chi connectivity index (χ3v) is 3.19. The van der Waals surface area contributed by atoms with Crippen LogP contribution in [0.4, 0.5) is 18.9 Å². The summed E-state index contributed by atoms with van der Waals surface area (Å²) < 4.78 is 38.8. The fraction of sp³-hybridized carbons (Fsp3) is 0.455. The van der Waals surface area contributed by atoms with Crippen molar-refractivity contribution in [2.45, 2.75) is 30.9 Å². The topological polar surface area (TPSA) is 26.0 Å². The van der Waals surface area contributed by atoms with Gasteiger partial charge in [-0.25, -0.2) is 0 Å². The Balaban J connectivity index is 2.43. The monoisotopic (exact) mass is 215 g/mol. The van der Waals surface area contributed by atoms with Gasteiger partial charge in [-0.15, -0.1) is 0 Å². The summed E-state index contributed by atoms with van der Waals surface area (Å²) in [6.45, 7) is 0. The standard InChI is InChI=1S/C11H12F3N/c12-11(13,14)10(5-2-6-10)8-3-1-4-9(15)7-8/h1,3-4,7H,2,5-6,15H2. The molecular formula is C11H12F3N. The Morgan fingerprint density at radius 1 is 1.20 bits per heavy atom. The van der Waals surface area contributed by atoms with Gasteiger partial charge in [-0.1, -0.05) is 18.6 Å². The van der Waals surface area contributed by atoms with Gasteiger partial charge < -0.3 is 5.73 Å².